The highest BCUT2D eigenvalue weighted by molar-refractivity contribution is 7.82. The number of carbonyl (C=O) groups is 2. The first-order valence-corrected chi connectivity index (χ1v) is 12.4. The highest BCUT2D eigenvalue weighted by Crippen LogP contribution is 2.39. The van der Waals surface area contributed by atoms with E-state index >= 15 is 0 Å². The number of nitrogens with one attached hydrogen (secondary N) is 1. The van der Waals surface area contributed by atoms with Gasteiger partial charge in [0.1, 0.15) is 11.5 Å². The molecule has 0 spiro atoms. The normalized spacial score (nSPS) is 10.7. The van der Waals surface area contributed by atoms with Gasteiger partial charge in [-0.15, -0.1) is 0 Å². The first-order chi connectivity index (χ1) is 18.3. The van der Waals surface area contributed by atoms with Crippen LogP contribution in [0.2, 0.25) is 5.02 Å². The molecule has 0 fully saturated rings. The van der Waals surface area contributed by atoms with E-state index in [0.29, 0.717) is 46.0 Å². The number of ether oxygens (including phenoxy) is 3. The van der Waals surface area contributed by atoms with Gasteiger partial charge in [0, 0.05) is 24.1 Å². The van der Waals surface area contributed by atoms with Crippen LogP contribution in [0, 0.1) is 6.92 Å². The average molecular weight is 552 g/mol. The zero-order valence-electron chi connectivity index (χ0n) is 21.0. The lowest BCUT2D eigenvalue weighted by atomic mass is 10.0. The molecule has 10 heteroatoms. The van der Waals surface area contributed by atoms with E-state index in [1.54, 1.807) is 50.7 Å². The minimum Gasteiger partial charge on any atom is -0.493 e. The molecule has 38 heavy (non-hydrogen) atoms. The number of urea groups is 1. The fourth-order valence-electron chi connectivity index (χ4n) is 3.85. The van der Waals surface area contributed by atoms with E-state index in [1.165, 1.54) is 6.07 Å². The standard InChI is InChI=1S/C28H26ClN3O5S/c1-17-6-4-5-7-18(17)8-11-27(33)31-28(34)32(38)19-9-10-24(21(29)14-19)37-23-12-13-30-22-16-26(36-3)25(35-2)15-20(22)23/h4-7,9-10,12-16,38H,8,11H2,1-3H3,(H,31,33,34). The second-order valence-corrected chi connectivity index (χ2v) is 9.15. The zero-order chi connectivity index (χ0) is 27.2. The van der Waals surface area contributed by atoms with Crippen molar-refractivity contribution in [3.8, 4) is 23.0 Å². The van der Waals surface area contributed by atoms with Gasteiger partial charge in [0.2, 0.25) is 5.91 Å². The maximum absolute atomic E-state index is 12.6. The molecule has 1 N–H and O–H groups in total. The molecule has 3 aromatic carbocycles. The Bertz CT molecular complexity index is 1500. The van der Waals surface area contributed by atoms with Crippen molar-refractivity contribution in [3.05, 3.63) is 83.0 Å². The number of anilines is 1. The molecule has 0 aliphatic heterocycles. The number of nitrogens with zero attached hydrogens (tertiary/aromatic N) is 2. The molecular weight excluding hydrogens is 526 g/mol. The molecule has 0 atom stereocenters. The van der Waals surface area contributed by atoms with E-state index in [4.69, 9.17) is 25.8 Å². The third kappa shape index (κ3) is 6.12. The minimum atomic E-state index is -0.686. The maximum atomic E-state index is 12.6. The molecule has 0 saturated heterocycles. The van der Waals surface area contributed by atoms with E-state index in [1.807, 2.05) is 31.2 Å². The molecule has 4 rings (SSSR count). The molecule has 1 heterocycles. The second kappa shape index (κ2) is 12.1. The van der Waals surface area contributed by atoms with Crippen molar-refractivity contribution in [2.75, 3.05) is 18.5 Å². The van der Waals surface area contributed by atoms with Gasteiger partial charge >= 0.3 is 6.03 Å². The number of aromatic nitrogens is 1. The Balaban J connectivity index is 1.44. The largest absolute Gasteiger partial charge is 0.493 e. The van der Waals surface area contributed by atoms with E-state index in [0.717, 1.165) is 15.4 Å². The van der Waals surface area contributed by atoms with Crippen molar-refractivity contribution in [2.24, 2.45) is 0 Å². The summed E-state index contributed by atoms with van der Waals surface area (Å²) < 4.78 is 17.8. The summed E-state index contributed by atoms with van der Waals surface area (Å²) in [7, 11) is 3.10. The summed E-state index contributed by atoms with van der Waals surface area (Å²) in [5.74, 6) is 1.54. The summed E-state index contributed by atoms with van der Waals surface area (Å²) >= 11 is 10.7. The summed E-state index contributed by atoms with van der Waals surface area (Å²) in [4.78, 5) is 29.3. The van der Waals surface area contributed by atoms with Crippen molar-refractivity contribution >= 4 is 52.9 Å². The predicted octanol–water partition coefficient (Wildman–Crippen LogP) is 6.53. The summed E-state index contributed by atoms with van der Waals surface area (Å²) in [5, 5.41) is 3.29. The van der Waals surface area contributed by atoms with Crippen LogP contribution in [-0.2, 0) is 11.2 Å². The Morgan fingerprint density at radius 1 is 0.974 bits per heavy atom. The van der Waals surface area contributed by atoms with Gasteiger partial charge in [0.15, 0.2) is 11.5 Å². The Morgan fingerprint density at radius 2 is 1.71 bits per heavy atom. The Morgan fingerprint density at radius 3 is 2.42 bits per heavy atom. The number of pyridine rings is 1. The lowest BCUT2D eigenvalue weighted by Gasteiger charge is -2.18. The number of aryl methyl sites for hydroxylation is 2. The average Bonchev–Trinajstić information content (AvgIpc) is 2.92. The molecule has 8 nitrogen and oxygen atoms in total. The van der Waals surface area contributed by atoms with Gasteiger partial charge in [-0.2, -0.15) is 0 Å². The molecule has 0 aliphatic rings. The molecule has 4 aromatic rings. The van der Waals surface area contributed by atoms with Crippen molar-refractivity contribution < 1.29 is 23.8 Å². The van der Waals surface area contributed by atoms with E-state index in [-0.39, 0.29) is 11.4 Å². The number of thiol groups is 1. The highest BCUT2D eigenvalue weighted by Gasteiger charge is 2.18. The fraction of sp³-hybridized carbons (Fsp3) is 0.179. The smallest absolute Gasteiger partial charge is 0.338 e. The van der Waals surface area contributed by atoms with Crippen LogP contribution in [0.5, 0.6) is 23.0 Å². The number of hydrogen-bond acceptors (Lipinski definition) is 7. The topological polar surface area (TPSA) is 90.0 Å². The van der Waals surface area contributed by atoms with Crippen molar-refractivity contribution in [3.63, 3.8) is 0 Å². The Kier molecular flexibility index (Phi) is 8.60. The first kappa shape index (κ1) is 27.1. The summed E-state index contributed by atoms with van der Waals surface area (Å²) in [6.45, 7) is 1.98. The third-order valence-corrected chi connectivity index (χ3v) is 6.62. The van der Waals surface area contributed by atoms with Crippen LogP contribution < -0.4 is 23.8 Å². The number of benzene rings is 3. The molecule has 0 radical (unpaired) electrons. The predicted molar refractivity (Wildman–Crippen MR) is 151 cm³/mol. The highest BCUT2D eigenvalue weighted by atomic mass is 35.5. The number of carbonyl (C=O) groups excluding carboxylic acids is 2. The van der Waals surface area contributed by atoms with Crippen molar-refractivity contribution in [1.82, 2.24) is 10.3 Å². The maximum Gasteiger partial charge on any atom is 0.338 e. The number of hydrogen-bond donors (Lipinski definition) is 2. The quantitative estimate of drug-likeness (QED) is 0.242. The second-order valence-electron chi connectivity index (χ2n) is 8.34. The van der Waals surface area contributed by atoms with Crippen LogP contribution in [0.3, 0.4) is 0 Å². The van der Waals surface area contributed by atoms with Gasteiger partial charge in [0.05, 0.1) is 30.4 Å². The van der Waals surface area contributed by atoms with Crippen LogP contribution in [-0.4, -0.2) is 31.1 Å². The van der Waals surface area contributed by atoms with Crippen LogP contribution in [0.25, 0.3) is 10.9 Å². The SMILES string of the molecule is COc1cc2nccc(Oc3ccc(N(S)C(=O)NC(=O)CCc4ccccc4C)cc3Cl)c2cc1OC. The minimum absolute atomic E-state index is 0.169. The third-order valence-electron chi connectivity index (χ3n) is 5.91. The number of imide groups is 1. The summed E-state index contributed by atoms with van der Waals surface area (Å²) in [6, 6.07) is 17.1. The zero-order valence-corrected chi connectivity index (χ0v) is 22.7. The fourth-order valence-corrected chi connectivity index (χ4v) is 4.24. The summed E-state index contributed by atoms with van der Waals surface area (Å²) in [5.41, 5.74) is 3.16. The number of amides is 3. The molecule has 1 aromatic heterocycles. The number of methoxy groups -OCH3 is 2. The van der Waals surface area contributed by atoms with Crippen LogP contribution in [0.1, 0.15) is 17.5 Å². The molecular formula is C28H26ClN3O5S. The lowest BCUT2D eigenvalue weighted by molar-refractivity contribution is -0.119. The van der Waals surface area contributed by atoms with Crippen LogP contribution in [0.4, 0.5) is 10.5 Å². The van der Waals surface area contributed by atoms with E-state index in [9.17, 15) is 9.59 Å². The van der Waals surface area contributed by atoms with E-state index in [2.05, 4.69) is 23.1 Å². The van der Waals surface area contributed by atoms with Crippen molar-refractivity contribution in [2.45, 2.75) is 19.8 Å². The Labute approximate surface area is 231 Å². The number of rotatable bonds is 8. The van der Waals surface area contributed by atoms with E-state index < -0.39 is 11.9 Å². The van der Waals surface area contributed by atoms with Gasteiger partial charge in [0.25, 0.3) is 0 Å². The van der Waals surface area contributed by atoms with Gasteiger partial charge < -0.3 is 14.2 Å². The molecule has 3 amide bonds. The number of halogens is 1. The summed E-state index contributed by atoms with van der Waals surface area (Å²) in [6.07, 6.45) is 2.31. The van der Waals surface area contributed by atoms with Gasteiger partial charge in [-0.1, -0.05) is 48.7 Å². The van der Waals surface area contributed by atoms with Crippen LogP contribution in [0.15, 0.2) is 66.9 Å². The lowest BCUT2D eigenvalue weighted by Crippen LogP contribution is -2.38. The van der Waals surface area contributed by atoms with Crippen molar-refractivity contribution in [1.29, 1.82) is 0 Å². The van der Waals surface area contributed by atoms with Gasteiger partial charge in [-0.25, -0.2) is 9.10 Å². The molecule has 0 unspecified atom stereocenters. The van der Waals surface area contributed by atoms with Gasteiger partial charge in [-0.05, 0) is 54.8 Å². The monoisotopic (exact) mass is 551 g/mol. The number of fused-ring (bicyclic) bond motifs is 1. The first-order valence-electron chi connectivity index (χ1n) is 11.7. The molecule has 196 valence electrons. The molecule has 0 aliphatic carbocycles. The van der Waals surface area contributed by atoms with Gasteiger partial charge in [-0.3, -0.25) is 15.1 Å². The molecule has 0 saturated carbocycles. The Hall–Kier alpha value is -3.95. The van der Waals surface area contributed by atoms with Crippen LogP contribution >= 0.6 is 24.4 Å². The molecule has 0 bridgehead atoms.